The molecule has 0 radical (unpaired) electrons. The Kier molecular flexibility index (Phi) is 9.01. The number of likely N-dealkylation sites (tertiary alicyclic amines) is 1. The van der Waals surface area contributed by atoms with Crippen molar-refractivity contribution in [3.63, 3.8) is 0 Å². The third-order valence-corrected chi connectivity index (χ3v) is 5.13. The Balaban J connectivity index is 0.000000271. The van der Waals surface area contributed by atoms with Gasteiger partial charge in [-0.25, -0.2) is 9.59 Å². The maximum Gasteiger partial charge on any atom is 0.490 e. The Morgan fingerprint density at radius 2 is 1.61 bits per heavy atom. The average Bonchev–Trinajstić information content (AvgIpc) is 3.44. The fraction of sp³-hybridized carbons (Fsp3) is 0.450. The topological polar surface area (TPSA) is 129 Å². The maximum atomic E-state index is 12.6. The Morgan fingerprint density at radius 3 is 2.03 bits per heavy atom. The monoisotopic (exact) mass is 525 g/mol. The van der Waals surface area contributed by atoms with Gasteiger partial charge in [0.05, 0.1) is 17.8 Å². The van der Waals surface area contributed by atoms with Gasteiger partial charge in [-0.2, -0.15) is 31.4 Å². The van der Waals surface area contributed by atoms with Crippen molar-refractivity contribution in [3.05, 3.63) is 42.5 Å². The van der Waals surface area contributed by atoms with Gasteiger partial charge in [-0.3, -0.25) is 19.4 Å². The first kappa shape index (κ1) is 28.5. The Hall–Kier alpha value is -3.69. The number of amides is 1. The van der Waals surface area contributed by atoms with Crippen molar-refractivity contribution in [2.45, 2.75) is 18.9 Å². The molecule has 2 aromatic heterocycles. The highest BCUT2D eigenvalue weighted by Crippen LogP contribution is 2.35. The first-order chi connectivity index (χ1) is 16.6. The van der Waals surface area contributed by atoms with Crippen LogP contribution >= 0.6 is 0 Å². The number of anilines is 1. The van der Waals surface area contributed by atoms with Crippen LogP contribution in [0.2, 0.25) is 0 Å². The predicted molar refractivity (Wildman–Crippen MR) is 109 cm³/mol. The number of carbonyl (C=O) groups is 3. The Labute approximate surface area is 199 Å². The van der Waals surface area contributed by atoms with Gasteiger partial charge in [0, 0.05) is 57.7 Å². The summed E-state index contributed by atoms with van der Waals surface area (Å²) in [7, 11) is 1.88. The van der Waals surface area contributed by atoms with Gasteiger partial charge in [-0.1, -0.05) is 6.07 Å². The predicted octanol–water partition coefficient (Wildman–Crippen LogP) is 2.18. The molecule has 10 nitrogen and oxygen atoms in total. The zero-order valence-corrected chi connectivity index (χ0v) is 18.6. The van der Waals surface area contributed by atoms with Gasteiger partial charge in [-0.05, 0) is 11.6 Å². The van der Waals surface area contributed by atoms with Crippen LogP contribution in [0, 0.1) is 11.8 Å². The number of hydrogen-bond acceptors (Lipinski definition) is 6. The second-order valence-corrected chi connectivity index (χ2v) is 7.85. The van der Waals surface area contributed by atoms with Crippen LogP contribution in [-0.4, -0.2) is 79.7 Å². The normalized spacial score (nSPS) is 19.6. The molecule has 0 saturated carbocycles. The molecular formula is C20H21F6N5O5. The van der Waals surface area contributed by atoms with Gasteiger partial charge in [0.1, 0.15) is 0 Å². The largest absolute Gasteiger partial charge is 0.490 e. The minimum atomic E-state index is -5.08. The van der Waals surface area contributed by atoms with E-state index in [0.29, 0.717) is 5.92 Å². The number of halogens is 6. The molecule has 0 aromatic carbocycles. The summed E-state index contributed by atoms with van der Waals surface area (Å²) < 4.78 is 65.2. The number of aromatic nitrogens is 3. The van der Waals surface area contributed by atoms with E-state index >= 15 is 0 Å². The van der Waals surface area contributed by atoms with E-state index in [9.17, 15) is 31.1 Å². The summed E-state index contributed by atoms with van der Waals surface area (Å²) in [6.45, 7) is 3.50. The zero-order chi connectivity index (χ0) is 27.3. The molecule has 4 heterocycles. The number of carboxylic acid groups (broad SMARTS) is 2. The number of nitrogens with zero attached hydrogens (tertiary/aromatic N) is 5. The lowest BCUT2D eigenvalue weighted by molar-refractivity contribution is -0.193. The maximum absolute atomic E-state index is 12.6. The van der Waals surface area contributed by atoms with Crippen molar-refractivity contribution in [3.8, 4) is 0 Å². The lowest BCUT2D eigenvalue weighted by Crippen LogP contribution is -2.32. The van der Waals surface area contributed by atoms with E-state index in [1.807, 2.05) is 30.4 Å². The first-order valence-corrected chi connectivity index (χ1v) is 10.1. The SMILES string of the molecule is Cn1cc(N2C[C@@H]3CN(Cc4cccnc4)C[C@@H]3C2=O)cn1.O=C(O)C(F)(F)F.O=C(O)C(F)(F)F. The molecule has 2 aliphatic heterocycles. The smallest absolute Gasteiger partial charge is 0.475 e. The number of carboxylic acids is 2. The van der Waals surface area contributed by atoms with Crippen molar-refractivity contribution in [2.75, 3.05) is 24.5 Å². The highest BCUT2D eigenvalue weighted by atomic mass is 19.4. The number of alkyl halides is 6. The number of fused-ring (bicyclic) bond motifs is 1. The zero-order valence-electron chi connectivity index (χ0n) is 18.6. The number of aryl methyl sites for hydroxylation is 1. The average molecular weight is 525 g/mol. The molecule has 0 aliphatic carbocycles. The number of pyridine rings is 1. The van der Waals surface area contributed by atoms with Gasteiger partial charge in [0.2, 0.25) is 5.91 Å². The Bertz CT molecular complexity index is 1040. The number of aliphatic carboxylic acids is 2. The van der Waals surface area contributed by atoms with Gasteiger partial charge in [0.25, 0.3) is 0 Å². The van der Waals surface area contributed by atoms with Crippen LogP contribution in [0.3, 0.4) is 0 Å². The van der Waals surface area contributed by atoms with Crippen molar-refractivity contribution < 1.29 is 50.9 Å². The summed E-state index contributed by atoms with van der Waals surface area (Å²) in [6.07, 6.45) is -2.80. The van der Waals surface area contributed by atoms with E-state index in [0.717, 1.165) is 31.9 Å². The van der Waals surface area contributed by atoms with E-state index in [2.05, 4.69) is 21.0 Å². The molecule has 2 aromatic rings. The molecule has 1 amide bonds. The lowest BCUT2D eigenvalue weighted by Gasteiger charge is -2.20. The molecule has 0 bridgehead atoms. The highest BCUT2D eigenvalue weighted by molar-refractivity contribution is 5.97. The van der Waals surface area contributed by atoms with Gasteiger partial charge < -0.3 is 15.1 Å². The molecule has 2 saturated heterocycles. The van der Waals surface area contributed by atoms with Crippen LogP contribution < -0.4 is 4.90 Å². The Morgan fingerprint density at radius 1 is 1.03 bits per heavy atom. The van der Waals surface area contributed by atoms with E-state index in [-0.39, 0.29) is 11.8 Å². The summed E-state index contributed by atoms with van der Waals surface area (Å²) in [6, 6.07) is 4.05. The van der Waals surface area contributed by atoms with Crippen molar-refractivity contribution >= 4 is 23.5 Å². The van der Waals surface area contributed by atoms with Crippen molar-refractivity contribution in [2.24, 2.45) is 18.9 Å². The van der Waals surface area contributed by atoms with E-state index in [4.69, 9.17) is 19.8 Å². The second-order valence-electron chi connectivity index (χ2n) is 7.85. The number of hydrogen-bond donors (Lipinski definition) is 2. The molecular weight excluding hydrogens is 504 g/mol. The van der Waals surface area contributed by atoms with Crippen LogP contribution in [0.25, 0.3) is 0 Å². The summed E-state index contributed by atoms with van der Waals surface area (Å²) in [4.78, 5) is 38.9. The van der Waals surface area contributed by atoms with Crippen LogP contribution in [0.1, 0.15) is 5.56 Å². The minimum absolute atomic E-state index is 0.122. The van der Waals surface area contributed by atoms with E-state index in [1.54, 1.807) is 17.1 Å². The molecule has 0 spiro atoms. The van der Waals surface area contributed by atoms with Gasteiger partial charge in [-0.15, -0.1) is 0 Å². The van der Waals surface area contributed by atoms with Crippen molar-refractivity contribution in [1.82, 2.24) is 19.7 Å². The molecule has 4 rings (SSSR count). The molecule has 2 atom stereocenters. The summed E-state index contributed by atoms with van der Waals surface area (Å²) >= 11 is 0. The van der Waals surface area contributed by atoms with Gasteiger partial charge >= 0.3 is 24.3 Å². The minimum Gasteiger partial charge on any atom is -0.475 e. The molecule has 36 heavy (non-hydrogen) atoms. The van der Waals surface area contributed by atoms with Crippen LogP contribution in [0.4, 0.5) is 32.0 Å². The first-order valence-electron chi connectivity index (χ1n) is 10.1. The van der Waals surface area contributed by atoms with E-state index < -0.39 is 24.3 Å². The molecule has 0 unspecified atom stereocenters. The fourth-order valence-corrected chi connectivity index (χ4v) is 3.61. The van der Waals surface area contributed by atoms with Crippen LogP contribution in [0.15, 0.2) is 36.9 Å². The molecule has 2 fully saturated rings. The van der Waals surface area contributed by atoms with Crippen molar-refractivity contribution in [1.29, 1.82) is 0 Å². The molecule has 16 heteroatoms. The van der Waals surface area contributed by atoms with E-state index in [1.165, 1.54) is 5.56 Å². The summed E-state index contributed by atoms with van der Waals surface area (Å²) in [5.74, 6) is -4.73. The lowest BCUT2D eigenvalue weighted by atomic mass is 10.0. The third kappa shape index (κ3) is 7.93. The molecule has 198 valence electrons. The second kappa shape index (κ2) is 11.4. The number of rotatable bonds is 3. The van der Waals surface area contributed by atoms with Crippen LogP contribution in [-0.2, 0) is 28.0 Å². The quantitative estimate of drug-likeness (QED) is 0.584. The fourth-order valence-electron chi connectivity index (χ4n) is 3.61. The highest BCUT2D eigenvalue weighted by Gasteiger charge is 2.46. The standard InChI is InChI=1S/C16H19N5O.2C2HF3O2/c1-19-10-14(6-18-19)21-9-13-8-20(11-15(13)16(21)22)7-12-3-2-4-17-5-12;2*3-2(4,5)1(6)7/h2-6,10,13,15H,7-9,11H2,1H3;2*(H,6,7)/t13-,15-;;/m0../s1. The molecule has 2 aliphatic rings. The third-order valence-electron chi connectivity index (χ3n) is 5.13. The summed E-state index contributed by atoms with van der Waals surface area (Å²) in [5.41, 5.74) is 2.12. The summed E-state index contributed by atoms with van der Waals surface area (Å²) in [5, 5.41) is 18.4. The van der Waals surface area contributed by atoms with Crippen LogP contribution in [0.5, 0.6) is 0 Å². The molecule has 2 N–H and O–H groups in total. The number of carbonyl (C=O) groups excluding carboxylic acids is 1. The van der Waals surface area contributed by atoms with Gasteiger partial charge in [0.15, 0.2) is 0 Å².